The highest BCUT2D eigenvalue weighted by Gasteiger charge is 2.16. The van der Waals surface area contributed by atoms with Crippen LogP contribution in [0.3, 0.4) is 0 Å². The van der Waals surface area contributed by atoms with Gasteiger partial charge in [0.2, 0.25) is 5.76 Å². The number of rotatable bonds is 6. The van der Waals surface area contributed by atoms with Gasteiger partial charge in [-0.25, -0.2) is 4.39 Å². The normalized spacial score (nSPS) is 10.8. The molecule has 3 rings (SSSR count). The Balaban J connectivity index is 1.53. The summed E-state index contributed by atoms with van der Waals surface area (Å²) >= 11 is 0. The van der Waals surface area contributed by atoms with E-state index in [-0.39, 0.29) is 17.5 Å². The van der Waals surface area contributed by atoms with Gasteiger partial charge in [0.05, 0.1) is 11.4 Å². The van der Waals surface area contributed by atoms with Gasteiger partial charge in [0.1, 0.15) is 5.82 Å². The van der Waals surface area contributed by atoms with Gasteiger partial charge in [0.25, 0.3) is 5.91 Å². The Bertz CT molecular complexity index is 871. The molecule has 2 aromatic heterocycles. The van der Waals surface area contributed by atoms with E-state index in [1.807, 2.05) is 12.1 Å². The quantitative estimate of drug-likeness (QED) is 0.746. The average Bonchev–Trinajstić information content (AvgIpc) is 3.23. The number of aromatic amines is 1. The summed E-state index contributed by atoms with van der Waals surface area (Å²) in [6.45, 7) is 2.35. The molecule has 6 nitrogen and oxygen atoms in total. The Morgan fingerprint density at radius 3 is 2.88 bits per heavy atom. The molecule has 2 heterocycles. The Morgan fingerprint density at radius 2 is 2.16 bits per heavy atom. The molecule has 0 fully saturated rings. The van der Waals surface area contributed by atoms with Gasteiger partial charge in [-0.3, -0.25) is 9.89 Å². The van der Waals surface area contributed by atoms with E-state index in [0.29, 0.717) is 17.9 Å². The van der Waals surface area contributed by atoms with Gasteiger partial charge in [-0.1, -0.05) is 17.3 Å². The SMILES string of the molecule is Cc1cc(C(=O)N(C)CCCc2cc(-c3cccc(F)c3)n[nH]2)on1. The second-order valence-electron chi connectivity index (χ2n) is 5.95. The van der Waals surface area contributed by atoms with Crippen molar-refractivity contribution in [2.24, 2.45) is 0 Å². The minimum absolute atomic E-state index is 0.189. The van der Waals surface area contributed by atoms with Gasteiger partial charge >= 0.3 is 0 Å². The van der Waals surface area contributed by atoms with E-state index in [4.69, 9.17) is 4.52 Å². The van der Waals surface area contributed by atoms with Crippen LogP contribution in [0.25, 0.3) is 11.3 Å². The number of hydrogen-bond acceptors (Lipinski definition) is 4. The fraction of sp³-hybridized carbons (Fsp3) is 0.278. The van der Waals surface area contributed by atoms with Crippen molar-refractivity contribution >= 4 is 5.91 Å². The molecule has 0 atom stereocenters. The third-order valence-corrected chi connectivity index (χ3v) is 3.88. The summed E-state index contributed by atoms with van der Waals surface area (Å²) in [6.07, 6.45) is 1.50. The number of nitrogens with one attached hydrogen (secondary N) is 1. The molecule has 0 aliphatic carbocycles. The van der Waals surface area contributed by atoms with Crippen molar-refractivity contribution in [1.82, 2.24) is 20.3 Å². The first-order valence-corrected chi connectivity index (χ1v) is 8.02. The second-order valence-corrected chi connectivity index (χ2v) is 5.95. The monoisotopic (exact) mass is 342 g/mol. The Hall–Kier alpha value is -2.96. The fourth-order valence-electron chi connectivity index (χ4n) is 2.55. The number of carbonyl (C=O) groups is 1. The maximum Gasteiger partial charge on any atom is 0.292 e. The molecule has 0 aliphatic heterocycles. The molecule has 25 heavy (non-hydrogen) atoms. The Labute approximate surface area is 144 Å². The van der Waals surface area contributed by atoms with Gasteiger partial charge in [-0.2, -0.15) is 5.10 Å². The molecule has 0 radical (unpaired) electrons. The van der Waals surface area contributed by atoms with Crippen molar-refractivity contribution < 1.29 is 13.7 Å². The third kappa shape index (κ3) is 4.12. The summed E-state index contributed by atoms with van der Waals surface area (Å²) in [6, 6.07) is 9.85. The first kappa shape index (κ1) is 16.9. The van der Waals surface area contributed by atoms with Crippen LogP contribution in [-0.4, -0.2) is 39.8 Å². The predicted octanol–water partition coefficient (Wildman–Crippen LogP) is 3.22. The molecule has 3 aromatic rings. The number of hydrogen-bond donors (Lipinski definition) is 1. The van der Waals surface area contributed by atoms with Crippen LogP contribution >= 0.6 is 0 Å². The fourth-order valence-corrected chi connectivity index (χ4v) is 2.55. The molecular formula is C18H19FN4O2. The number of aromatic nitrogens is 3. The standard InChI is InChI=1S/C18H19FN4O2/c1-12-9-17(25-22-12)18(24)23(2)8-4-7-15-11-16(21-20-15)13-5-3-6-14(19)10-13/h3,5-6,9-11H,4,7-8H2,1-2H3,(H,20,21). The van der Waals surface area contributed by atoms with Gasteiger partial charge in [-0.15, -0.1) is 0 Å². The van der Waals surface area contributed by atoms with Crippen LogP contribution in [0.2, 0.25) is 0 Å². The number of amides is 1. The van der Waals surface area contributed by atoms with Crippen molar-refractivity contribution in [2.45, 2.75) is 19.8 Å². The number of aryl methyl sites for hydroxylation is 2. The smallest absolute Gasteiger partial charge is 0.292 e. The van der Waals surface area contributed by atoms with Crippen LogP contribution in [0.5, 0.6) is 0 Å². The van der Waals surface area contributed by atoms with Gasteiger partial charge in [0, 0.05) is 30.9 Å². The molecule has 1 aromatic carbocycles. The Morgan fingerprint density at radius 1 is 1.32 bits per heavy atom. The van der Waals surface area contributed by atoms with Crippen molar-refractivity contribution in [1.29, 1.82) is 0 Å². The van der Waals surface area contributed by atoms with Crippen molar-refractivity contribution in [3.05, 3.63) is 59.4 Å². The van der Waals surface area contributed by atoms with Gasteiger partial charge < -0.3 is 9.42 Å². The number of carbonyl (C=O) groups excluding carboxylic acids is 1. The topological polar surface area (TPSA) is 75.0 Å². The van der Waals surface area contributed by atoms with Crippen LogP contribution in [0, 0.1) is 12.7 Å². The lowest BCUT2D eigenvalue weighted by atomic mass is 10.1. The van der Waals surface area contributed by atoms with E-state index in [9.17, 15) is 9.18 Å². The molecule has 7 heteroatoms. The van der Waals surface area contributed by atoms with Crippen LogP contribution in [-0.2, 0) is 6.42 Å². The summed E-state index contributed by atoms with van der Waals surface area (Å²) in [4.78, 5) is 13.8. The van der Waals surface area contributed by atoms with E-state index in [0.717, 1.165) is 24.1 Å². The van der Waals surface area contributed by atoms with Crippen LogP contribution < -0.4 is 0 Å². The lowest BCUT2D eigenvalue weighted by molar-refractivity contribution is 0.0752. The summed E-state index contributed by atoms with van der Waals surface area (Å²) < 4.78 is 18.3. The molecule has 0 saturated heterocycles. The highest BCUT2D eigenvalue weighted by atomic mass is 19.1. The highest BCUT2D eigenvalue weighted by Crippen LogP contribution is 2.19. The van der Waals surface area contributed by atoms with Crippen LogP contribution in [0.15, 0.2) is 40.9 Å². The maximum absolute atomic E-state index is 13.3. The average molecular weight is 342 g/mol. The molecule has 0 bridgehead atoms. The predicted molar refractivity (Wildman–Crippen MR) is 90.5 cm³/mol. The van der Waals surface area contributed by atoms with Crippen molar-refractivity contribution in [3.8, 4) is 11.3 Å². The molecule has 1 amide bonds. The van der Waals surface area contributed by atoms with Gasteiger partial charge in [0.15, 0.2) is 0 Å². The molecule has 1 N–H and O–H groups in total. The van der Waals surface area contributed by atoms with Crippen LogP contribution in [0.4, 0.5) is 4.39 Å². The first-order valence-electron chi connectivity index (χ1n) is 8.02. The summed E-state index contributed by atoms with van der Waals surface area (Å²) in [5, 5.41) is 10.9. The Kier molecular flexibility index (Phi) is 4.92. The van der Waals surface area contributed by atoms with E-state index < -0.39 is 0 Å². The lowest BCUT2D eigenvalue weighted by Gasteiger charge is -2.14. The molecule has 0 spiro atoms. The van der Waals surface area contributed by atoms with E-state index in [2.05, 4.69) is 15.4 Å². The minimum atomic E-state index is -0.287. The van der Waals surface area contributed by atoms with Crippen LogP contribution in [0.1, 0.15) is 28.4 Å². The number of halogens is 1. The van der Waals surface area contributed by atoms with E-state index >= 15 is 0 Å². The number of H-pyrrole nitrogens is 1. The molecular weight excluding hydrogens is 323 g/mol. The second kappa shape index (κ2) is 7.29. The van der Waals surface area contributed by atoms with E-state index in [1.54, 1.807) is 31.0 Å². The minimum Gasteiger partial charge on any atom is -0.351 e. The summed E-state index contributed by atoms with van der Waals surface area (Å²) in [5.41, 5.74) is 3.06. The molecule has 0 aliphatic rings. The van der Waals surface area contributed by atoms with Crippen molar-refractivity contribution in [2.75, 3.05) is 13.6 Å². The number of benzene rings is 1. The first-order chi connectivity index (χ1) is 12.0. The highest BCUT2D eigenvalue weighted by molar-refractivity contribution is 5.91. The van der Waals surface area contributed by atoms with Gasteiger partial charge in [-0.05, 0) is 38.0 Å². The zero-order valence-electron chi connectivity index (χ0n) is 14.1. The lowest BCUT2D eigenvalue weighted by Crippen LogP contribution is -2.27. The molecule has 0 unspecified atom stereocenters. The summed E-state index contributed by atoms with van der Waals surface area (Å²) in [7, 11) is 1.73. The zero-order chi connectivity index (χ0) is 17.8. The molecule has 0 saturated carbocycles. The zero-order valence-corrected chi connectivity index (χ0v) is 14.1. The van der Waals surface area contributed by atoms with E-state index in [1.165, 1.54) is 12.1 Å². The summed E-state index contributed by atoms with van der Waals surface area (Å²) in [5.74, 6) is -0.231. The third-order valence-electron chi connectivity index (χ3n) is 3.88. The van der Waals surface area contributed by atoms with Crippen molar-refractivity contribution in [3.63, 3.8) is 0 Å². The molecule has 130 valence electrons. The number of nitrogens with zero attached hydrogens (tertiary/aromatic N) is 3. The largest absolute Gasteiger partial charge is 0.351 e. The maximum atomic E-state index is 13.3.